The fourth-order valence-electron chi connectivity index (χ4n) is 2.93. The van der Waals surface area contributed by atoms with E-state index in [1.54, 1.807) is 13.2 Å². The molecule has 0 saturated heterocycles. The van der Waals surface area contributed by atoms with Gasteiger partial charge in [0.05, 0.1) is 7.11 Å². The number of ether oxygens (including phenoxy) is 1. The molecule has 0 radical (unpaired) electrons. The molecule has 1 aliphatic rings. The van der Waals surface area contributed by atoms with Gasteiger partial charge in [0, 0.05) is 17.0 Å². The van der Waals surface area contributed by atoms with E-state index in [0.717, 1.165) is 23.8 Å². The molecule has 3 nitrogen and oxygen atoms in total. The lowest BCUT2D eigenvalue weighted by molar-refractivity contribution is 0.412. The monoisotopic (exact) mass is 258 g/mol. The normalized spacial score (nSPS) is 16.7. The Hall–Kier alpha value is -1.77. The van der Waals surface area contributed by atoms with Gasteiger partial charge in [-0.1, -0.05) is 19.3 Å². The summed E-state index contributed by atoms with van der Waals surface area (Å²) in [5, 5.41) is 0.973. The molecule has 0 bridgehead atoms. The standard InChI is InChI=1S/C16H18O3/c1-18-13-8-7-12-9-14(11-5-3-2-4-6-11)16(17)19-15(12)10-13/h7-11H,2-6H2,1H3. The topological polar surface area (TPSA) is 39.4 Å². The quantitative estimate of drug-likeness (QED) is 0.768. The summed E-state index contributed by atoms with van der Waals surface area (Å²) in [7, 11) is 1.61. The van der Waals surface area contributed by atoms with Crippen molar-refractivity contribution in [2.75, 3.05) is 7.11 Å². The Bertz CT molecular complexity index is 636. The van der Waals surface area contributed by atoms with Gasteiger partial charge in [0.15, 0.2) is 0 Å². The third-order valence-corrected chi connectivity index (χ3v) is 4.02. The summed E-state index contributed by atoms with van der Waals surface area (Å²) in [6.07, 6.45) is 5.92. The van der Waals surface area contributed by atoms with E-state index in [1.165, 1.54) is 19.3 Å². The molecule has 0 aliphatic heterocycles. The van der Waals surface area contributed by atoms with Crippen LogP contribution in [0.1, 0.15) is 43.6 Å². The molecule has 1 aromatic carbocycles. The second-order valence-corrected chi connectivity index (χ2v) is 5.23. The molecular weight excluding hydrogens is 240 g/mol. The minimum Gasteiger partial charge on any atom is -0.497 e. The van der Waals surface area contributed by atoms with Crippen LogP contribution in [-0.4, -0.2) is 7.11 Å². The molecule has 1 saturated carbocycles. The van der Waals surface area contributed by atoms with Crippen molar-refractivity contribution < 1.29 is 9.15 Å². The molecule has 0 unspecified atom stereocenters. The maximum Gasteiger partial charge on any atom is 0.339 e. The predicted molar refractivity (Wildman–Crippen MR) is 74.9 cm³/mol. The van der Waals surface area contributed by atoms with E-state index in [4.69, 9.17) is 9.15 Å². The van der Waals surface area contributed by atoms with Crippen molar-refractivity contribution in [3.63, 3.8) is 0 Å². The van der Waals surface area contributed by atoms with Gasteiger partial charge < -0.3 is 9.15 Å². The zero-order valence-electron chi connectivity index (χ0n) is 11.1. The summed E-state index contributed by atoms with van der Waals surface area (Å²) >= 11 is 0. The lowest BCUT2D eigenvalue weighted by Gasteiger charge is -2.20. The maximum absolute atomic E-state index is 12.1. The van der Waals surface area contributed by atoms with Crippen LogP contribution in [0, 0.1) is 0 Å². The summed E-state index contributed by atoms with van der Waals surface area (Å²) in [4.78, 5) is 12.1. The van der Waals surface area contributed by atoms with Gasteiger partial charge in [-0.3, -0.25) is 0 Å². The summed E-state index contributed by atoms with van der Waals surface area (Å²) in [6, 6.07) is 7.61. The Kier molecular flexibility index (Phi) is 3.28. The molecule has 1 aliphatic carbocycles. The molecule has 1 fully saturated rings. The molecular formula is C16H18O3. The molecule has 1 heterocycles. The highest BCUT2D eigenvalue weighted by atomic mass is 16.5. The highest BCUT2D eigenvalue weighted by molar-refractivity contribution is 5.78. The highest BCUT2D eigenvalue weighted by Crippen LogP contribution is 2.32. The van der Waals surface area contributed by atoms with Gasteiger partial charge in [-0.2, -0.15) is 0 Å². The van der Waals surface area contributed by atoms with Gasteiger partial charge in [0.25, 0.3) is 0 Å². The molecule has 1 aromatic heterocycles. The SMILES string of the molecule is COc1ccc2cc(C3CCCCC3)c(=O)oc2c1. The number of fused-ring (bicyclic) bond motifs is 1. The van der Waals surface area contributed by atoms with Crippen LogP contribution in [0.25, 0.3) is 11.0 Å². The summed E-state index contributed by atoms with van der Waals surface area (Å²) in [5.41, 5.74) is 1.26. The third kappa shape index (κ3) is 2.37. The van der Waals surface area contributed by atoms with E-state index in [0.29, 0.717) is 17.3 Å². The van der Waals surface area contributed by atoms with Crippen LogP contribution in [-0.2, 0) is 0 Å². The van der Waals surface area contributed by atoms with Gasteiger partial charge in [-0.15, -0.1) is 0 Å². The second-order valence-electron chi connectivity index (χ2n) is 5.23. The van der Waals surface area contributed by atoms with Crippen molar-refractivity contribution >= 4 is 11.0 Å². The largest absolute Gasteiger partial charge is 0.497 e. The first kappa shape index (κ1) is 12.3. The van der Waals surface area contributed by atoms with E-state index < -0.39 is 0 Å². The smallest absolute Gasteiger partial charge is 0.339 e. The zero-order chi connectivity index (χ0) is 13.2. The van der Waals surface area contributed by atoms with Crippen molar-refractivity contribution in [2.45, 2.75) is 38.0 Å². The van der Waals surface area contributed by atoms with Crippen LogP contribution in [0.15, 0.2) is 33.5 Å². The average molecular weight is 258 g/mol. The molecule has 0 atom stereocenters. The van der Waals surface area contributed by atoms with Crippen LogP contribution < -0.4 is 10.4 Å². The molecule has 100 valence electrons. The molecule has 0 amide bonds. The van der Waals surface area contributed by atoms with E-state index in [1.807, 2.05) is 18.2 Å². The van der Waals surface area contributed by atoms with Crippen LogP contribution >= 0.6 is 0 Å². The summed E-state index contributed by atoms with van der Waals surface area (Å²) in [6.45, 7) is 0. The fourth-order valence-corrected chi connectivity index (χ4v) is 2.93. The molecule has 19 heavy (non-hydrogen) atoms. The minimum atomic E-state index is -0.187. The molecule has 3 rings (SSSR count). The van der Waals surface area contributed by atoms with Crippen molar-refractivity contribution in [3.05, 3.63) is 40.2 Å². The van der Waals surface area contributed by atoms with E-state index in [-0.39, 0.29) is 5.63 Å². The van der Waals surface area contributed by atoms with Gasteiger partial charge >= 0.3 is 5.63 Å². The van der Waals surface area contributed by atoms with Crippen LogP contribution in [0.5, 0.6) is 5.75 Å². The fraction of sp³-hybridized carbons (Fsp3) is 0.438. The molecule has 0 spiro atoms. The molecule has 0 N–H and O–H groups in total. The van der Waals surface area contributed by atoms with Crippen LogP contribution in [0.2, 0.25) is 0 Å². The van der Waals surface area contributed by atoms with Crippen LogP contribution in [0.4, 0.5) is 0 Å². The first-order valence-corrected chi connectivity index (χ1v) is 6.90. The van der Waals surface area contributed by atoms with Crippen LogP contribution in [0.3, 0.4) is 0 Å². The van der Waals surface area contributed by atoms with E-state index >= 15 is 0 Å². The second kappa shape index (κ2) is 5.08. The van der Waals surface area contributed by atoms with E-state index in [9.17, 15) is 4.79 Å². The highest BCUT2D eigenvalue weighted by Gasteiger charge is 2.19. The number of benzene rings is 1. The Labute approximate surface area is 112 Å². The average Bonchev–Trinajstić information content (AvgIpc) is 2.47. The van der Waals surface area contributed by atoms with Gasteiger partial charge in [0.2, 0.25) is 0 Å². The Balaban J connectivity index is 2.06. The van der Waals surface area contributed by atoms with Gasteiger partial charge in [-0.05, 0) is 37.0 Å². The summed E-state index contributed by atoms with van der Waals surface area (Å²) < 4.78 is 10.6. The van der Waals surface area contributed by atoms with Crippen molar-refractivity contribution in [1.82, 2.24) is 0 Å². The number of methoxy groups -OCH3 is 1. The summed E-state index contributed by atoms with van der Waals surface area (Å²) in [5.74, 6) is 1.08. The first-order chi connectivity index (χ1) is 9.28. The minimum absolute atomic E-state index is 0.187. The maximum atomic E-state index is 12.1. The molecule has 3 heteroatoms. The first-order valence-electron chi connectivity index (χ1n) is 6.90. The Morgan fingerprint density at radius 1 is 1.16 bits per heavy atom. The van der Waals surface area contributed by atoms with Crippen molar-refractivity contribution in [2.24, 2.45) is 0 Å². The lowest BCUT2D eigenvalue weighted by Crippen LogP contribution is -2.14. The van der Waals surface area contributed by atoms with Gasteiger partial charge in [0.1, 0.15) is 11.3 Å². The van der Waals surface area contributed by atoms with E-state index in [2.05, 4.69) is 0 Å². The number of hydrogen-bond donors (Lipinski definition) is 0. The lowest BCUT2D eigenvalue weighted by atomic mass is 9.84. The third-order valence-electron chi connectivity index (χ3n) is 4.02. The number of hydrogen-bond acceptors (Lipinski definition) is 3. The molecule has 2 aromatic rings. The van der Waals surface area contributed by atoms with Crippen molar-refractivity contribution in [1.29, 1.82) is 0 Å². The zero-order valence-corrected chi connectivity index (χ0v) is 11.1. The number of rotatable bonds is 2. The van der Waals surface area contributed by atoms with Crippen molar-refractivity contribution in [3.8, 4) is 5.75 Å². The Morgan fingerprint density at radius 3 is 2.68 bits per heavy atom. The Morgan fingerprint density at radius 2 is 1.95 bits per heavy atom. The predicted octanol–water partition coefficient (Wildman–Crippen LogP) is 3.85. The van der Waals surface area contributed by atoms with Gasteiger partial charge in [-0.25, -0.2) is 4.79 Å².